The van der Waals surface area contributed by atoms with Crippen molar-refractivity contribution in [3.05, 3.63) is 41.7 Å². The SMILES string of the molecule is Cc1cc(-c2nc(C(N)=O)c(Nc3ccc(N4CCC(N5CCN(C)CC5)CC4)cc3)nc2NC2CCOCC2)n[nH]1. The highest BCUT2D eigenvalue weighted by Crippen LogP contribution is 2.31. The lowest BCUT2D eigenvalue weighted by atomic mass is 10.0. The Morgan fingerprint density at radius 2 is 1.69 bits per heavy atom. The molecule has 0 aliphatic carbocycles. The van der Waals surface area contributed by atoms with Gasteiger partial charge in [0.15, 0.2) is 17.3 Å². The van der Waals surface area contributed by atoms with Crippen LogP contribution in [0.2, 0.25) is 0 Å². The van der Waals surface area contributed by atoms with E-state index in [1.807, 2.05) is 25.1 Å². The molecule has 12 heteroatoms. The summed E-state index contributed by atoms with van der Waals surface area (Å²) < 4.78 is 5.52. The summed E-state index contributed by atoms with van der Waals surface area (Å²) >= 11 is 0. The number of anilines is 4. The van der Waals surface area contributed by atoms with E-state index in [0.29, 0.717) is 42.3 Å². The van der Waals surface area contributed by atoms with Crippen LogP contribution in [0, 0.1) is 6.92 Å². The number of carbonyl (C=O) groups excluding carboxylic acids is 1. The van der Waals surface area contributed by atoms with Crippen LogP contribution in [0.3, 0.4) is 0 Å². The molecule has 0 spiro atoms. The molecule has 3 saturated heterocycles. The van der Waals surface area contributed by atoms with Gasteiger partial charge in [-0.1, -0.05) is 0 Å². The molecule has 42 heavy (non-hydrogen) atoms. The van der Waals surface area contributed by atoms with Gasteiger partial charge in [0.1, 0.15) is 11.4 Å². The van der Waals surface area contributed by atoms with Crippen molar-refractivity contribution < 1.29 is 9.53 Å². The fraction of sp³-hybridized carbons (Fsp3) is 0.533. The van der Waals surface area contributed by atoms with Crippen molar-refractivity contribution in [2.24, 2.45) is 5.73 Å². The van der Waals surface area contributed by atoms with Crippen molar-refractivity contribution in [1.29, 1.82) is 0 Å². The van der Waals surface area contributed by atoms with Crippen molar-refractivity contribution in [2.45, 2.75) is 44.7 Å². The van der Waals surface area contributed by atoms with E-state index in [-0.39, 0.29) is 11.7 Å². The number of piperazine rings is 1. The Labute approximate surface area is 247 Å². The molecular formula is C30H42N10O2. The summed E-state index contributed by atoms with van der Waals surface area (Å²) in [6, 6.07) is 11.0. The van der Waals surface area contributed by atoms with Gasteiger partial charge in [0.25, 0.3) is 5.91 Å². The first-order valence-corrected chi connectivity index (χ1v) is 15.1. The predicted molar refractivity (Wildman–Crippen MR) is 164 cm³/mol. The highest BCUT2D eigenvalue weighted by Gasteiger charge is 2.27. The van der Waals surface area contributed by atoms with Crippen LogP contribution in [0.4, 0.5) is 23.0 Å². The largest absolute Gasteiger partial charge is 0.381 e. The number of aromatic amines is 1. The number of rotatable bonds is 8. The molecule has 1 aromatic carbocycles. The van der Waals surface area contributed by atoms with Crippen LogP contribution < -0.4 is 21.3 Å². The van der Waals surface area contributed by atoms with Crippen LogP contribution in [-0.4, -0.2) is 107 Å². The fourth-order valence-electron chi connectivity index (χ4n) is 6.12. The zero-order valence-electron chi connectivity index (χ0n) is 24.6. The number of H-pyrrole nitrogens is 1. The van der Waals surface area contributed by atoms with Crippen molar-refractivity contribution in [3.8, 4) is 11.4 Å². The number of primary amides is 1. The van der Waals surface area contributed by atoms with Gasteiger partial charge in [-0.2, -0.15) is 5.10 Å². The number of nitrogens with zero attached hydrogens (tertiary/aromatic N) is 6. The first-order valence-electron chi connectivity index (χ1n) is 15.1. The van der Waals surface area contributed by atoms with Crippen LogP contribution in [0.1, 0.15) is 41.9 Å². The molecule has 0 atom stereocenters. The quantitative estimate of drug-likeness (QED) is 0.317. The number of piperidine rings is 1. The van der Waals surface area contributed by atoms with E-state index in [0.717, 1.165) is 50.4 Å². The molecule has 3 aliphatic heterocycles. The standard InChI is InChI=1S/C30H42N10O2/c1-20-19-25(37-36-20)26-29(33-22-9-17-42-18-10-22)35-30(27(34-26)28(31)41)32-21-3-5-23(6-4-21)39-11-7-24(8-12-39)40-15-13-38(2)14-16-40/h3-6,19,22,24H,7-18H2,1-2H3,(H2,31,41)(H,36,37)(H2,32,33,35). The molecule has 0 saturated carbocycles. The number of amides is 1. The van der Waals surface area contributed by atoms with E-state index in [4.69, 9.17) is 15.5 Å². The number of nitrogens with one attached hydrogen (secondary N) is 3. The number of benzene rings is 1. The molecule has 5 heterocycles. The number of likely N-dealkylation sites (N-methyl/N-ethyl adjacent to an activating group) is 1. The third-order valence-electron chi connectivity index (χ3n) is 8.65. The third-order valence-corrected chi connectivity index (χ3v) is 8.65. The average Bonchev–Trinajstić information content (AvgIpc) is 3.44. The minimum atomic E-state index is -0.657. The van der Waals surface area contributed by atoms with E-state index >= 15 is 0 Å². The smallest absolute Gasteiger partial charge is 0.271 e. The van der Waals surface area contributed by atoms with E-state index in [2.05, 4.69) is 59.7 Å². The van der Waals surface area contributed by atoms with Gasteiger partial charge in [-0.25, -0.2) is 9.97 Å². The number of hydrogen-bond donors (Lipinski definition) is 4. The summed E-state index contributed by atoms with van der Waals surface area (Å²) in [5.41, 5.74) is 9.84. The highest BCUT2D eigenvalue weighted by atomic mass is 16.5. The molecule has 3 aliphatic rings. The molecule has 224 valence electrons. The van der Waals surface area contributed by atoms with Crippen molar-refractivity contribution >= 4 is 28.9 Å². The number of aryl methyl sites for hydroxylation is 1. The Bertz CT molecular complexity index is 1350. The fourth-order valence-corrected chi connectivity index (χ4v) is 6.12. The van der Waals surface area contributed by atoms with Crippen LogP contribution in [0.25, 0.3) is 11.4 Å². The summed E-state index contributed by atoms with van der Waals surface area (Å²) in [6.45, 7) is 10.1. The van der Waals surface area contributed by atoms with Gasteiger partial charge in [-0.3, -0.25) is 14.8 Å². The predicted octanol–water partition coefficient (Wildman–Crippen LogP) is 2.82. The van der Waals surface area contributed by atoms with E-state index < -0.39 is 5.91 Å². The second kappa shape index (κ2) is 12.6. The summed E-state index contributed by atoms with van der Waals surface area (Å²) in [6.07, 6.45) is 4.09. The zero-order valence-corrected chi connectivity index (χ0v) is 24.6. The van der Waals surface area contributed by atoms with Gasteiger partial charge in [0.2, 0.25) is 0 Å². The maximum absolute atomic E-state index is 12.5. The minimum absolute atomic E-state index is 0.0678. The topological polar surface area (TPSA) is 141 Å². The van der Waals surface area contributed by atoms with Gasteiger partial charge < -0.3 is 30.9 Å². The molecule has 6 rings (SSSR count). The monoisotopic (exact) mass is 574 g/mol. The Morgan fingerprint density at radius 3 is 2.33 bits per heavy atom. The molecule has 3 aromatic rings. The third kappa shape index (κ3) is 6.50. The molecule has 0 radical (unpaired) electrons. The number of hydrogen-bond acceptors (Lipinski definition) is 10. The van der Waals surface area contributed by atoms with Gasteiger partial charge in [-0.05, 0) is 70.0 Å². The lowest BCUT2D eigenvalue weighted by Crippen LogP contribution is -2.52. The van der Waals surface area contributed by atoms with Gasteiger partial charge in [0.05, 0.1) is 0 Å². The average molecular weight is 575 g/mol. The summed E-state index contributed by atoms with van der Waals surface area (Å²) in [5, 5.41) is 14.1. The molecular weight excluding hydrogens is 532 g/mol. The maximum Gasteiger partial charge on any atom is 0.271 e. The first-order chi connectivity index (χ1) is 20.4. The number of aromatic nitrogens is 4. The van der Waals surface area contributed by atoms with E-state index in [1.54, 1.807) is 0 Å². The highest BCUT2D eigenvalue weighted by molar-refractivity contribution is 5.97. The Balaban J connectivity index is 1.18. The van der Waals surface area contributed by atoms with Crippen LogP contribution in [0.5, 0.6) is 0 Å². The van der Waals surface area contributed by atoms with E-state index in [9.17, 15) is 4.79 Å². The normalized spacial score (nSPS) is 19.6. The lowest BCUT2D eigenvalue weighted by Gasteiger charge is -2.42. The van der Waals surface area contributed by atoms with E-state index in [1.165, 1.54) is 31.6 Å². The molecule has 5 N–H and O–H groups in total. The van der Waals surface area contributed by atoms with Crippen LogP contribution in [-0.2, 0) is 4.74 Å². The Hall–Kier alpha value is -3.74. The first kappa shape index (κ1) is 28.4. The maximum atomic E-state index is 12.5. The molecule has 0 unspecified atom stereocenters. The van der Waals surface area contributed by atoms with Crippen molar-refractivity contribution in [3.63, 3.8) is 0 Å². The Kier molecular flexibility index (Phi) is 8.54. The number of carbonyl (C=O) groups is 1. The van der Waals surface area contributed by atoms with Crippen molar-refractivity contribution in [1.82, 2.24) is 30.0 Å². The lowest BCUT2D eigenvalue weighted by molar-refractivity contribution is 0.0904. The molecule has 1 amide bonds. The van der Waals surface area contributed by atoms with Gasteiger partial charge in [0, 0.05) is 81.6 Å². The molecule has 0 bridgehead atoms. The van der Waals surface area contributed by atoms with Gasteiger partial charge in [-0.15, -0.1) is 0 Å². The summed E-state index contributed by atoms with van der Waals surface area (Å²) in [7, 11) is 2.21. The zero-order chi connectivity index (χ0) is 29.1. The number of ether oxygens (including phenoxy) is 1. The van der Waals surface area contributed by atoms with Crippen molar-refractivity contribution in [2.75, 3.05) is 75.1 Å². The molecule has 12 nitrogen and oxygen atoms in total. The Morgan fingerprint density at radius 1 is 0.976 bits per heavy atom. The van der Waals surface area contributed by atoms with Crippen LogP contribution >= 0.6 is 0 Å². The summed E-state index contributed by atoms with van der Waals surface area (Å²) in [4.78, 5) is 29.6. The second-order valence-corrected chi connectivity index (χ2v) is 11.7. The number of nitrogens with two attached hydrogens (primary N) is 1. The summed E-state index contributed by atoms with van der Waals surface area (Å²) in [5.74, 6) is 0.213. The van der Waals surface area contributed by atoms with Gasteiger partial charge >= 0.3 is 0 Å². The van der Waals surface area contributed by atoms with Crippen LogP contribution in [0.15, 0.2) is 30.3 Å². The minimum Gasteiger partial charge on any atom is -0.381 e. The molecule has 3 fully saturated rings. The second-order valence-electron chi connectivity index (χ2n) is 11.7. The molecule has 2 aromatic heterocycles.